The lowest BCUT2D eigenvalue weighted by atomic mass is 10.2. The van der Waals surface area contributed by atoms with Gasteiger partial charge in [-0.05, 0) is 26.0 Å². The lowest BCUT2D eigenvalue weighted by Gasteiger charge is -2.05. The summed E-state index contributed by atoms with van der Waals surface area (Å²) in [5, 5.41) is 7.50. The van der Waals surface area contributed by atoms with Crippen LogP contribution in [0.15, 0.2) is 34.9 Å². The molecule has 0 fully saturated rings. The zero-order chi connectivity index (χ0) is 17.3. The monoisotopic (exact) mass is 327 g/mol. The number of carbonyl (C=O) groups is 2. The standard InChI is InChI=1S/C17H17N3O4/c1-4-23-17(22)15-14(11-7-5-6-8-12(11)24-15)18-16(21)13-10(2)9-20(3)19-13/h5-9H,4H2,1-3H3,(H,18,21). The first-order valence-corrected chi connectivity index (χ1v) is 7.51. The molecule has 1 N–H and O–H groups in total. The SMILES string of the molecule is CCOC(=O)c1oc2ccccc2c1NC(=O)c1nn(C)cc1C. The molecule has 0 bridgehead atoms. The number of esters is 1. The minimum Gasteiger partial charge on any atom is -0.460 e. The van der Waals surface area contributed by atoms with Crippen LogP contribution in [0.5, 0.6) is 0 Å². The molecule has 1 aromatic carbocycles. The largest absolute Gasteiger partial charge is 0.460 e. The molecule has 0 aliphatic heterocycles. The van der Waals surface area contributed by atoms with E-state index < -0.39 is 11.9 Å². The fourth-order valence-electron chi connectivity index (χ4n) is 2.51. The average Bonchev–Trinajstić information content (AvgIpc) is 3.08. The molecule has 0 aliphatic rings. The fourth-order valence-corrected chi connectivity index (χ4v) is 2.51. The molecule has 3 aromatic rings. The Balaban J connectivity index is 2.04. The van der Waals surface area contributed by atoms with Crippen molar-refractivity contribution in [2.24, 2.45) is 7.05 Å². The van der Waals surface area contributed by atoms with Gasteiger partial charge in [-0.1, -0.05) is 12.1 Å². The first-order chi connectivity index (χ1) is 11.5. The van der Waals surface area contributed by atoms with Crippen LogP contribution in [0.2, 0.25) is 0 Å². The Morgan fingerprint density at radius 1 is 1.33 bits per heavy atom. The summed E-state index contributed by atoms with van der Waals surface area (Å²) in [5.74, 6) is -1.06. The number of hydrogen-bond acceptors (Lipinski definition) is 5. The highest BCUT2D eigenvalue weighted by Crippen LogP contribution is 2.31. The molecule has 0 aliphatic carbocycles. The van der Waals surface area contributed by atoms with Crippen LogP contribution in [0.25, 0.3) is 11.0 Å². The zero-order valence-corrected chi connectivity index (χ0v) is 13.6. The molecule has 0 saturated heterocycles. The second-order valence-corrected chi connectivity index (χ2v) is 5.31. The van der Waals surface area contributed by atoms with E-state index in [0.717, 1.165) is 5.56 Å². The third-order valence-corrected chi connectivity index (χ3v) is 3.52. The van der Waals surface area contributed by atoms with Gasteiger partial charge in [0.25, 0.3) is 5.91 Å². The second-order valence-electron chi connectivity index (χ2n) is 5.31. The van der Waals surface area contributed by atoms with Crippen LogP contribution in [-0.2, 0) is 11.8 Å². The topological polar surface area (TPSA) is 86.4 Å². The zero-order valence-electron chi connectivity index (χ0n) is 13.6. The Morgan fingerprint density at radius 2 is 2.08 bits per heavy atom. The van der Waals surface area contributed by atoms with Crippen LogP contribution in [-0.4, -0.2) is 28.3 Å². The Labute approximate surface area is 138 Å². The van der Waals surface area contributed by atoms with Gasteiger partial charge < -0.3 is 14.5 Å². The number of anilines is 1. The molecule has 0 spiro atoms. The summed E-state index contributed by atoms with van der Waals surface area (Å²) in [6.45, 7) is 3.71. The Morgan fingerprint density at radius 3 is 2.75 bits per heavy atom. The maximum absolute atomic E-state index is 12.5. The number of benzene rings is 1. The second kappa shape index (κ2) is 6.19. The van der Waals surface area contributed by atoms with Gasteiger partial charge in [-0.2, -0.15) is 5.10 Å². The van der Waals surface area contributed by atoms with Crippen LogP contribution in [0.3, 0.4) is 0 Å². The third kappa shape index (κ3) is 2.76. The average molecular weight is 327 g/mol. The van der Waals surface area contributed by atoms with Gasteiger partial charge in [0.05, 0.1) is 6.61 Å². The van der Waals surface area contributed by atoms with Gasteiger partial charge in [0, 0.05) is 24.2 Å². The fraction of sp³-hybridized carbons (Fsp3) is 0.235. The summed E-state index contributed by atoms with van der Waals surface area (Å²) < 4.78 is 12.1. The van der Waals surface area contributed by atoms with E-state index in [-0.39, 0.29) is 18.1 Å². The van der Waals surface area contributed by atoms with E-state index in [1.165, 1.54) is 0 Å². The summed E-state index contributed by atoms with van der Waals surface area (Å²) in [6.07, 6.45) is 1.74. The molecule has 0 saturated carbocycles. The molecule has 3 rings (SSSR count). The molecular formula is C17H17N3O4. The van der Waals surface area contributed by atoms with Crippen molar-refractivity contribution >= 4 is 28.5 Å². The number of nitrogens with zero attached hydrogens (tertiary/aromatic N) is 2. The molecule has 7 heteroatoms. The summed E-state index contributed by atoms with van der Waals surface area (Å²) in [7, 11) is 1.74. The molecule has 1 amide bonds. The first-order valence-electron chi connectivity index (χ1n) is 7.51. The number of rotatable bonds is 4. The van der Waals surface area contributed by atoms with Gasteiger partial charge in [-0.25, -0.2) is 4.79 Å². The van der Waals surface area contributed by atoms with Gasteiger partial charge in [0.2, 0.25) is 5.76 Å². The van der Waals surface area contributed by atoms with E-state index in [9.17, 15) is 9.59 Å². The van der Waals surface area contributed by atoms with Gasteiger partial charge >= 0.3 is 5.97 Å². The maximum Gasteiger partial charge on any atom is 0.376 e. The number of hydrogen-bond donors (Lipinski definition) is 1. The molecule has 0 atom stereocenters. The highest BCUT2D eigenvalue weighted by Gasteiger charge is 2.24. The molecular weight excluding hydrogens is 310 g/mol. The Hall–Kier alpha value is -3.09. The lowest BCUT2D eigenvalue weighted by Crippen LogP contribution is -2.16. The van der Waals surface area contributed by atoms with Gasteiger partial charge in [-0.3, -0.25) is 9.48 Å². The predicted molar refractivity (Wildman–Crippen MR) is 88.1 cm³/mol. The summed E-state index contributed by atoms with van der Waals surface area (Å²) in [4.78, 5) is 24.7. The van der Waals surface area contributed by atoms with E-state index in [0.29, 0.717) is 16.7 Å². The van der Waals surface area contributed by atoms with Crippen LogP contribution in [0.1, 0.15) is 33.5 Å². The van der Waals surface area contributed by atoms with Crippen molar-refractivity contribution in [2.45, 2.75) is 13.8 Å². The number of carbonyl (C=O) groups excluding carboxylic acids is 2. The van der Waals surface area contributed by atoms with E-state index >= 15 is 0 Å². The highest BCUT2D eigenvalue weighted by molar-refractivity contribution is 6.13. The van der Waals surface area contributed by atoms with Crippen LogP contribution >= 0.6 is 0 Å². The number of fused-ring (bicyclic) bond motifs is 1. The molecule has 0 radical (unpaired) electrons. The van der Waals surface area contributed by atoms with Crippen LogP contribution in [0, 0.1) is 6.92 Å². The van der Waals surface area contributed by atoms with Crippen molar-refractivity contribution in [2.75, 3.05) is 11.9 Å². The predicted octanol–water partition coefficient (Wildman–Crippen LogP) is 2.90. The molecule has 2 aromatic heterocycles. The summed E-state index contributed by atoms with van der Waals surface area (Å²) >= 11 is 0. The normalized spacial score (nSPS) is 10.8. The molecule has 0 unspecified atom stereocenters. The minimum absolute atomic E-state index is 0.0278. The van der Waals surface area contributed by atoms with E-state index in [1.807, 2.05) is 0 Å². The number of aryl methyl sites for hydroxylation is 2. The van der Waals surface area contributed by atoms with E-state index in [4.69, 9.17) is 9.15 Å². The third-order valence-electron chi connectivity index (χ3n) is 3.52. The lowest BCUT2D eigenvalue weighted by molar-refractivity contribution is 0.0494. The Kier molecular flexibility index (Phi) is 4.07. The van der Waals surface area contributed by atoms with Crippen molar-refractivity contribution in [1.82, 2.24) is 9.78 Å². The molecule has 2 heterocycles. The summed E-state index contributed by atoms with van der Waals surface area (Å²) in [6, 6.07) is 7.08. The number of furan rings is 1. The number of nitrogens with one attached hydrogen (secondary N) is 1. The Bertz CT molecular complexity index is 923. The van der Waals surface area contributed by atoms with E-state index in [2.05, 4.69) is 10.4 Å². The smallest absolute Gasteiger partial charge is 0.376 e. The maximum atomic E-state index is 12.5. The van der Waals surface area contributed by atoms with Crippen molar-refractivity contribution in [3.63, 3.8) is 0 Å². The molecule has 24 heavy (non-hydrogen) atoms. The number of amides is 1. The molecule has 7 nitrogen and oxygen atoms in total. The number of para-hydroxylation sites is 1. The van der Waals surface area contributed by atoms with Crippen molar-refractivity contribution < 1.29 is 18.7 Å². The van der Waals surface area contributed by atoms with Gasteiger partial charge in [0.15, 0.2) is 5.69 Å². The van der Waals surface area contributed by atoms with E-state index in [1.54, 1.807) is 56.0 Å². The van der Waals surface area contributed by atoms with Crippen molar-refractivity contribution in [3.05, 3.63) is 47.5 Å². The van der Waals surface area contributed by atoms with Gasteiger partial charge in [-0.15, -0.1) is 0 Å². The number of aromatic nitrogens is 2. The molecule has 124 valence electrons. The first kappa shape index (κ1) is 15.8. The van der Waals surface area contributed by atoms with Crippen LogP contribution in [0.4, 0.5) is 5.69 Å². The van der Waals surface area contributed by atoms with Gasteiger partial charge in [0.1, 0.15) is 11.3 Å². The van der Waals surface area contributed by atoms with Crippen LogP contribution < -0.4 is 5.32 Å². The van der Waals surface area contributed by atoms with Crippen molar-refractivity contribution in [1.29, 1.82) is 0 Å². The minimum atomic E-state index is -0.623. The summed E-state index contributed by atoms with van der Waals surface area (Å²) in [5.41, 5.74) is 1.81. The number of ether oxygens (including phenoxy) is 1. The highest BCUT2D eigenvalue weighted by atomic mass is 16.5. The van der Waals surface area contributed by atoms with Crippen molar-refractivity contribution in [3.8, 4) is 0 Å². The quantitative estimate of drug-likeness (QED) is 0.745.